The maximum atomic E-state index is 12.3. The molecular weight excluding hydrogens is 256 g/mol. The molecule has 1 aromatic heterocycles. The first-order chi connectivity index (χ1) is 9.47. The molecule has 0 bridgehead atoms. The van der Waals surface area contributed by atoms with Gasteiger partial charge in [-0.2, -0.15) is 0 Å². The van der Waals surface area contributed by atoms with E-state index in [0.29, 0.717) is 18.2 Å². The number of nitrogens with zero attached hydrogens (tertiary/aromatic N) is 2. The van der Waals surface area contributed by atoms with Crippen molar-refractivity contribution in [1.82, 2.24) is 9.13 Å². The molecule has 0 aromatic carbocycles. The third-order valence-corrected chi connectivity index (χ3v) is 4.22. The molecule has 6 heteroatoms. The van der Waals surface area contributed by atoms with Gasteiger partial charge in [-0.3, -0.25) is 13.9 Å². The summed E-state index contributed by atoms with van der Waals surface area (Å²) in [5, 5.41) is 3.28. The minimum absolute atomic E-state index is 0.262. The molecule has 1 heterocycles. The molecule has 0 amide bonds. The highest BCUT2D eigenvalue weighted by molar-refractivity contribution is 5.61. The smallest absolute Gasteiger partial charge is 0.332 e. The molecule has 1 aromatic rings. The van der Waals surface area contributed by atoms with Gasteiger partial charge in [0.05, 0.1) is 0 Å². The number of anilines is 2. The molecule has 1 fully saturated rings. The topological polar surface area (TPSA) is 82.0 Å². The average molecular weight is 280 g/mol. The minimum atomic E-state index is -0.348. The standard InChI is InChI=1S/C14H24N4O2/c1-4-8-18-12(15)11(13(19)17(3)14(18)20)16-10-7-5-6-9(10)2/h9-10,16H,4-8,15H2,1-3H3. The van der Waals surface area contributed by atoms with E-state index in [9.17, 15) is 9.59 Å². The van der Waals surface area contributed by atoms with E-state index >= 15 is 0 Å². The Kier molecular flexibility index (Phi) is 4.20. The van der Waals surface area contributed by atoms with Gasteiger partial charge in [-0.15, -0.1) is 0 Å². The van der Waals surface area contributed by atoms with Crippen LogP contribution in [0.1, 0.15) is 39.5 Å². The zero-order valence-corrected chi connectivity index (χ0v) is 12.5. The van der Waals surface area contributed by atoms with Gasteiger partial charge in [0.2, 0.25) is 0 Å². The fourth-order valence-corrected chi connectivity index (χ4v) is 2.90. The molecule has 0 radical (unpaired) electrons. The summed E-state index contributed by atoms with van der Waals surface area (Å²) in [6.07, 6.45) is 4.15. The van der Waals surface area contributed by atoms with E-state index in [1.54, 1.807) is 0 Å². The van der Waals surface area contributed by atoms with Crippen LogP contribution in [0, 0.1) is 5.92 Å². The molecule has 0 aliphatic heterocycles. The Morgan fingerprint density at radius 3 is 2.60 bits per heavy atom. The van der Waals surface area contributed by atoms with Crippen LogP contribution < -0.4 is 22.3 Å². The lowest BCUT2D eigenvalue weighted by Crippen LogP contribution is -2.42. The van der Waals surface area contributed by atoms with E-state index in [2.05, 4.69) is 12.2 Å². The lowest BCUT2D eigenvalue weighted by Gasteiger charge is -2.21. The van der Waals surface area contributed by atoms with Gasteiger partial charge in [-0.05, 0) is 25.2 Å². The summed E-state index contributed by atoms with van der Waals surface area (Å²) in [6, 6.07) is 0.262. The summed E-state index contributed by atoms with van der Waals surface area (Å²) in [5.41, 5.74) is 5.74. The van der Waals surface area contributed by atoms with Crippen molar-refractivity contribution in [3.8, 4) is 0 Å². The Balaban J connectivity index is 2.46. The van der Waals surface area contributed by atoms with Crippen LogP contribution in [0.3, 0.4) is 0 Å². The zero-order chi connectivity index (χ0) is 14.9. The quantitative estimate of drug-likeness (QED) is 0.866. The molecular formula is C14H24N4O2. The van der Waals surface area contributed by atoms with Crippen LogP contribution in [0.4, 0.5) is 11.5 Å². The summed E-state index contributed by atoms with van der Waals surface area (Å²) in [4.78, 5) is 24.3. The van der Waals surface area contributed by atoms with Crippen LogP contribution in [0.15, 0.2) is 9.59 Å². The fraction of sp³-hybridized carbons (Fsp3) is 0.714. The second-order valence-electron chi connectivity index (χ2n) is 5.72. The number of hydrogen-bond acceptors (Lipinski definition) is 4. The Bertz CT molecular complexity index is 602. The van der Waals surface area contributed by atoms with Crippen LogP contribution in [0.2, 0.25) is 0 Å². The monoisotopic (exact) mass is 280 g/mol. The van der Waals surface area contributed by atoms with Crippen LogP contribution in [0.5, 0.6) is 0 Å². The second kappa shape index (κ2) is 5.73. The first kappa shape index (κ1) is 14.7. The lowest BCUT2D eigenvalue weighted by atomic mass is 10.1. The van der Waals surface area contributed by atoms with Gasteiger partial charge in [0, 0.05) is 19.6 Å². The van der Waals surface area contributed by atoms with Gasteiger partial charge in [-0.25, -0.2) is 4.79 Å². The first-order valence-electron chi connectivity index (χ1n) is 7.33. The zero-order valence-electron chi connectivity index (χ0n) is 12.5. The van der Waals surface area contributed by atoms with Crippen molar-refractivity contribution >= 4 is 11.5 Å². The van der Waals surface area contributed by atoms with Gasteiger partial charge >= 0.3 is 5.69 Å². The average Bonchev–Trinajstić information content (AvgIpc) is 2.83. The maximum Gasteiger partial charge on any atom is 0.332 e. The fourth-order valence-electron chi connectivity index (χ4n) is 2.90. The highest BCUT2D eigenvalue weighted by Crippen LogP contribution is 2.28. The van der Waals surface area contributed by atoms with Crippen molar-refractivity contribution < 1.29 is 0 Å². The molecule has 6 nitrogen and oxygen atoms in total. The summed E-state index contributed by atoms with van der Waals surface area (Å²) >= 11 is 0. The van der Waals surface area contributed by atoms with E-state index < -0.39 is 0 Å². The third-order valence-electron chi connectivity index (χ3n) is 4.22. The SMILES string of the molecule is CCCn1c(N)c(NC2CCCC2C)c(=O)n(C)c1=O. The molecule has 2 rings (SSSR count). The number of rotatable bonds is 4. The summed E-state index contributed by atoms with van der Waals surface area (Å²) in [7, 11) is 1.50. The molecule has 0 saturated heterocycles. The number of nitrogens with two attached hydrogens (primary N) is 1. The van der Waals surface area contributed by atoms with E-state index in [1.165, 1.54) is 11.6 Å². The summed E-state index contributed by atoms with van der Waals surface area (Å²) in [6.45, 7) is 4.67. The van der Waals surface area contributed by atoms with Gasteiger partial charge < -0.3 is 11.1 Å². The van der Waals surface area contributed by atoms with Gasteiger partial charge in [0.1, 0.15) is 11.5 Å². The molecule has 1 aliphatic rings. The molecule has 2 unspecified atom stereocenters. The van der Waals surface area contributed by atoms with Crippen molar-refractivity contribution in [3.63, 3.8) is 0 Å². The van der Waals surface area contributed by atoms with E-state index in [0.717, 1.165) is 30.3 Å². The molecule has 20 heavy (non-hydrogen) atoms. The van der Waals surface area contributed by atoms with Crippen molar-refractivity contribution in [2.24, 2.45) is 13.0 Å². The third kappa shape index (κ3) is 2.46. The number of nitrogens with one attached hydrogen (secondary N) is 1. The Hall–Kier alpha value is -1.72. The predicted molar refractivity (Wildman–Crippen MR) is 81.1 cm³/mol. The molecule has 0 spiro atoms. The van der Waals surface area contributed by atoms with Crippen LogP contribution >= 0.6 is 0 Å². The Labute approximate surface area is 118 Å². The van der Waals surface area contributed by atoms with Crippen molar-refractivity contribution in [2.75, 3.05) is 11.1 Å². The van der Waals surface area contributed by atoms with Gasteiger partial charge in [-0.1, -0.05) is 20.3 Å². The van der Waals surface area contributed by atoms with Crippen molar-refractivity contribution in [3.05, 3.63) is 20.8 Å². The second-order valence-corrected chi connectivity index (χ2v) is 5.72. The molecule has 2 atom stereocenters. The van der Waals surface area contributed by atoms with E-state index in [4.69, 9.17) is 5.73 Å². The largest absolute Gasteiger partial charge is 0.383 e. The normalized spacial score (nSPS) is 22.1. The van der Waals surface area contributed by atoms with Crippen LogP contribution in [-0.4, -0.2) is 15.2 Å². The lowest BCUT2D eigenvalue weighted by molar-refractivity contribution is 0.550. The van der Waals surface area contributed by atoms with Crippen LogP contribution in [0.25, 0.3) is 0 Å². The van der Waals surface area contributed by atoms with E-state index in [-0.39, 0.29) is 23.1 Å². The van der Waals surface area contributed by atoms with Gasteiger partial charge in [0.25, 0.3) is 5.56 Å². The summed E-state index contributed by atoms with van der Waals surface area (Å²) < 4.78 is 2.61. The maximum absolute atomic E-state index is 12.3. The minimum Gasteiger partial charge on any atom is -0.383 e. The molecule has 1 saturated carbocycles. The molecule has 112 valence electrons. The van der Waals surface area contributed by atoms with Crippen LogP contribution in [-0.2, 0) is 13.6 Å². The number of hydrogen-bond donors (Lipinski definition) is 2. The number of nitrogen functional groups attached to an aromatic ring is 1. The number of aromatic nitrogens is 2. The summed E-state index contributed by atoms with van der Waals surface area (Å²) in [5.74, 6) is 0.782. The van der Waals surface area contributed by atoms with Gasteiger partial charge in [0.15, 0.2) is 0 Å². The predicted octanol–water partition coefficient (Wildman–Crippen LogP) is 1.14. The Morgan fingerprint density at radius 1 is 1.35 bits per heavy atom. The molecule has 3 N–H and O–H groups in total. The highest BCUT2D eigenvalue weighted by Gasteiger charge is 2.26. The highest BCUT2D eigenvalue weighted by atomic mass is 16.2. The van der Waals surface area contributed by atoms with Crippen molar-refractivity contribution in [1.29, 1.82) is 0 Å². The molecule has 1 aliphatic carbocycles. The van der Waals surface area contributed by atoms with E-state index in [1.807, 2.05) is 6.92 Å². The first-order valence-corrected chi connectivity index (χ1v) is 7.33. The Morgan fingerprint density at radius 2 is 2.05 bits per heavy atom. The van der Waals surface area contributed by atoms with Crippen molar-refractivity contribution in [2.45, 2.75) is 52.1 Å².